The molecule has 0 spiro atoms. The molecule has 37 heavy (non-hydrogen) atoms. The first-order valence-electron chi connectivity index (χ1n) is 12.8. The first-order valence-corrected chi connectivity index (χ1v) is 12.8. The van der Waals surface area contributed by atoms with Crippen molar-refractivity contribution in [3.8, 4) is 11.8 Å². The van der Waals surface area contributed by atoms with Gasteiger partial charge >= 0.3 is 6.03 Å². The molecule has 1 fully saturated rings. The summed E-state index contributed by atoms with van der Waals surface area (Å²) in [6.45, 7) is 10.4. The van der Waals surface area contributed by atoms with E-state index in [0.717, 1.165) is 30.6 Å². The topological polar surface area (TPSA) is 108 Å². The van der Waals surface area contributed by atoms with Crippen molar-refractivity contribution in [2.24, 2.45) is 0 Å². The van der Waals surface area contributed by atoms with Crippen LogP contribution in [0.5, 0.6) is 0 Å². The molecule has 1 saturated heterocycles. The molecule has 1 aliphatic heterocycles. The summed E-state index contributed by atoms with van der Waals surface area (Å²) < 4.78 is 5.30. The van der Waals surface area contributed by atoms with Gasteiger partial charge in [-0.15, -0.1) is 0 Å². The van der Waals surface area contributed by atoms with E-state index < -0.39 is 6.03 Å². The van der Waals surface area contributed by atoms with Gasteiger partial charge in [-0.3, -0.25) is 5.32 Å². The Morgan fingerprint density at radius 3 is 2.51 bits per heavy atom. The Balaban J connectivity index is 1.25. The molecule has 0 saturated carbocycles. The van der Waals surface area contributed by atoms with Crippen LogP contribution in [0, 0.1) is 11.8 Å². The summed E-state index contributed by atoms with van der Waals surface area (Å²) in [5.74, 6) is 7.84. The predicted octanol–water partition coefficient (Wildman–Crippen LogP) is 5.09. The summed E-state index contributed by atoms with van der Waals surface area (Å²) in [4.78, 5) is 23.6. The molecule has 0 bridgehead atoms. The molecule has 194 valence electrons. The van der Waals surface area contributed by atoms with Crippen molar-refractivity contribution in [2.75, 3.05) is 42.1 Å². The zero-order valence-electron chi connectivity index (χ0n) is 21.8. The van der Waals surface area contributed by atoms with E-state index in [0.29, 0.717) is 23.2 Å². The Kier molecular flexibility index (Phi) is 8.75. The summed E-state index contributed by atoms with van der Waals surface area (Å²) in [7, 11) is 0. The highest BCUT2D eigenvalue weighted by Gasteiger charge is 2.20. The molecule has 9 heteroatoms. The molecule has 9 nitrogen and oxygen atoms in total. The van der Waals surface area contributed by atoms with Crippen LogP contribution < -0.4 is 16.0 Å². The molecule has 0 atom stereocenters. The van der Waals surface area contributed by atoms with Gasteiger partial charge in [0.1, 0.15) is 5.76 Å². The van der Waals surface area contributed by atoms with Crippen LogP contribution in [-0.2, 0) is 5.41 Å². The third-order valence-electron chi connectivity index (χ3n) is 6.00. The highest BCUT2D eigenvalue weighted by atomic mass is 16.5. The zero-order chi connectivity index (χ0) is 26.1. The number of amides is 2. The van der Waals surface area contributed by atoms with E-state index in [4.69, 9.17) is 4.52 Å². The lowest BCUT2D eigenvalue weighted by atomic mass is 9.93. The lowest BCUT2D eigenvalue weighted by Crippen LogP contribution is -2.31. The number of likely N-dealkylation sites (tertiary alicyclic amines) is 1. The first kappa shape index (κ1) is 26.2. The van der Waals surface area contributed by atoms with Gasteiger partial charge in [-0.05, 0) is 57.1 Å². The van der Waals surface area contributed by atoms with E-state index in [-0.39, 0.29) is 5.41 Å². The summed E-state index contributed by atoms with van der Waals surface area (Å²) >= 11 is 0. The number of anilines is 3. The Bertz CT molecular complexity index is 1230. The van der Waals surface area contributed by atoms with Gasteiger partial charge < -0.3 is 20.1 Å². The molecular formula is C28H35N7O2. The molecule has 0 radical (unpaired) electrons. The van der Waals surface area contributed by atoms with Gasteiger partial charge in [-0.25, -0.2) is 14.8 Å². The SMILES string of the molecule is CC(C)(C)c1cc(NC(=O)Nc2cccc(C#Cc3cnc(NCCCN4CCCCC4)nc3)c2)no1. The predicted molar refractivity (Wildman–Crippen MR) is 146 cm³/mol. The van der Waals surface area contributed by atoms with Crippen LogP contribution in [0.4, 0.5) is 22.2 Å². The third kappa shape index (κ3) is 8.33. The Morgan fingerprint density at radius 1 is 1.03 bits per heavy atom. The molecule has 1 aliphatic rings. The van der Waals surface area contributed by atoms with Crippen LogP contribution in [0.15, 0.2) is 47.2 Å². The second kappa shape index (κ2) is 12.4. The smallest absolute Gasteiger partial charge is 0.324 e. The number of hydrogen-bond acceptors (Lipinski definition) is 7. The van der Waals surface area contributed by atoms with Gasteiger partial charge in [0.25, 0.3) is 0 Å². The van der Waals surface area contributed by atoms with Crippen LogP contribution in [0.2, 0.25) is 0 Å². The Morgan fingerprint density at radius 2 is 1.78 bits per heavy atom. The Hall–Kier alpha value is -3.90. The zero-order valence-corrected chi connectivity index (χ0v) is 21.8. The van der Waals surface area contributed by atoms with Crippen molar-refractivity contribution in [3.63, 3.8) is 0 Å². The van der Waals surface area contributed by atoms with Gasteiger partial charge in [0, 0.05) is 41.7 Å². The van der Waals surface area contributed by atoms with Crippen LogP contribution in [0.25, 0.3) is 0 Å². The first-order chi connectivity index (χ1) is 17.8. The number of benzene rings is 1. The molecule has 0 unspecified atom stereocenters. The van der Waals surface area contributed by atoms with Gasteiger partial charge in [-0.2, -0.15) is 0 Å². The van der Waals surface area contributed by atoms with Crippen LogP contribution in [0.3, 0.4) is 0 Å². The maximum absolute atomic E-state index is 12.4. The van der Waals surface area contributed by atoms with Gasteiger partial charge in [0.2, 0.25) is 5.95 Å². The number of urea groups is 1. The van der Waals surface area contributed by atoms with E-state index >= 15 is 0 Å². The summed E-state index contributed by atoms with van der Waals surface area (Å²) in [5.41, 5.74) is 1.90. The second-order valence-electron chi connectivity index (χ2n) is 10.2. The van der Waals surface area contributed by atoms with Gasteiger partial charge in [0.05, 0.1) is 5.56 Å². The van der Waals surface area contributed by atoms with Crippen molar-refractivity contribution < 1.29 is 9.32 Å². The van der Waals surface area contributed by atoms with E-state index in [1.807, 2.05) is 32.9 Å². The van der Waals surface area contributed by atoms with E-state index in [1.54, 1.807) is 30.6 Å². The lowest BCUT2D eigenvalue weighted by Gasteiger charge is -2.26. The fourth-order valence-corrected chi connectivity index (χ4v) is 3.96. The minimum absolute atomic E-state index is 0.190. The normalized spacial score (nSPS) is 13.9. The molecule has 3 N–H and O–H groups in total. The summed E-state index contributed by atoms with van der Waals surface area (Å²) in [6, 6.07) is 8.62. The number of rotatable bonds is 7. The van der Waals surface area contributed by atoms with E-state index in [1.165, 1.54) is 32.4 Å². The second-order valence-corrected chi connectivity index (χ2v) is 10.2. The van der Waals surface area contributed by atoms with Crippen molar-refractivity contribution in [2.45, 2.75) is 51.9 Å². The molecule has 0 aliphatic carbocycles. The van der Waals surface area contributed by atoms with Crippen molar-refractivity contribution in [3.05, 3.63) is 59.6 Å². The quantitative estimate of drug-likeness (QED) is 0.306. The molecule has 3 heterocycles. The van der Waals surface area contributed by atoms with Gasteiger partial charge in [0.15, 0.2) is 5.82 Å². The highest BCUT2D eigenvalue weighted by molar-refractivity contribution is 5.99. The van der Waals surface area contributed by atoms with E-state index in [9.17, 15) is 4.79 Å². The summed E-state index contributed by atoms with van der Waals surface area (Å²) in [5, 5.41) is 12.7. The standard InChI is InChI=1S/C28H35N7O2/c1-28(2,3)24-18-25(34-37-24)33-27(36)32-23-10-7-9-21(17-23)11-12-22-19-30-26(31-20-22)29-13-8-16-35-14-5-4-6-15-35/h7,9-10,17-20H,4-6,8,13-16H2,1-3H3,(H,29,30,31)(H2,32,33,34,36). The van der Waals surface area contributed by atoms with Crippen molar-refractivity contribution in [1.82, 2.24) is 20.0 Å². The maximum atomic E-state index is 12.4. The highest BCUT2D eigenvalue weighted by Crippen LogP contribution is 2.24. The lowest BCUT2D eigenvalue weighted by molar-refractivity contribution is 0.228. The molecular weight excluding hydrogens is 466 g/mol. The minimum atomic E-state index is -0.411. The number of nitrogens with zero attached hydrogens (tertiary/aromatic N) is 4. The monoisotopic (exact) mass is 501 g/mol. The van der Waals surface area contributed by atoms with Crippen molar-refractivity contribution in [1.29, 1.82) is 0 Å². The van der Waals surface area contributed by atoms with E-state index in [2.05, 4.69) is 47.8 Å². The van der Waals surface area contributed by atoms with Crippen molar-refractivity contribution >= 4 is 23.5 Å². The maximum Gasteiger partial charge on any atom is 0.324 e. The average molecular weight is 502 g/mol. The number of carbonyl (C=O) groups excluding carboxylic acids is 1. The fourth-order valence-electron chi connectivity index (χ4n) is 3.96. The van der Waals surface area contributed by atoms with Crippen LogP contribution in [0.1, 0.15) is 63.3 Å². The average Bonchev–Trinajstić information content (AvgIpc) is 3.36. The molecule has 4 rings (SSSR count). The number of hydrogen-bond donors (Lipinski definition) is 3. The molecule has 1 aromatic carbocycles. The molecule has 2 amide bonds. The number of nitrogens with one attached hydrogen (secondary N) is 3. The summed E-state index contributed by atoms with van der Waals surface area (Å²) in [6.07, 6.45) is 8.50. The molecule has 2 aromatic heterocycles. The van der Waals surface area contributed by atoms with Crippen LogP contribution in [-0.4, -0.2) is 52.2 Å². The fraction of sp³-hybridized carbons (Fsp3) is 0.429. The largest absolute Gasteiger partial charge is 0.359 e. The minimum Gasteiger partial charge on any atom is -0.359 e. The van der Waals surface area contributed by atoms with Gasteiger partial charge in [-0.1, -0.05) is 50.3 Å². The third-order valence-corrected chi connectivity index (χ3v) is 6.00. The Labute approximate surface area is 218 Å². The number of aromatic nitrogens is 3. The number of piperidine rings is 1. The molecule has 3 aromatic rings. The van der Waals surface area contributed by atoms with Crippen LogP contribution >= 0.6 is 0 Å². The number of carbonyl (C=O) groups is 1.